The van der Waals surface area contributed by atoms with Gasteiger partial charge in [-0.15, -0.1) is 0 Å². The summed E-state index contributed by atoms with van der Waals surface area (Å²) in [5.74, 6) is 0.0304. The van der Waals surface area contributed by atoms with Crippen molar-refractivity contribution in [1.82, 2.24) is 0 Å². The number of ether oxygens (including phenoxy) is 1. The van der Waals surface area contributed by atoms with Gasteiger partial charge in [0.25, 0.3) is 10.0 Å². The number of hydrogen-bond donors (Lipinski definition) is 0. The molecule has 31 heavy (non-hydrogen) atoms. The molecule has 0 bridgehead atoms. The summed E-state index contributed by atoms with van der Waals surface area (Å²) in [6.45, 7) is 12.5. The molecule has 0 aromatic heterocycles. The smallest absolute Gasteiger partial charge is 0.340 e. The molecule has 0 fully saturated rings. The fourth-order valence-electron chi connectivity index (χ4n) is 2.82. The first kappa shape index (κ1) is 25.4. The molecule has 0 N–H and O–H groups in total. The topological polar surface area (TPSA) is 72.9 Å². The lowest BCUT2D eigenvalue weighted by Gasteiger charge is -2.36. The van der Waals surface area contributed by atoms with E-state index in [0.717, 1.165) is 4.31 Å². The monoisotopic (exact) mass is 527 g/mol. The van der Waals surface area contributed by atoms with Crippen molar-refractivity contribution in [2.24, 2.45) is 0 Å². The van der Waals surface area contributed by atoms with E-state index in [-0.39, 0.29) is 21.2 Å². The second-order valence-electron chi connectivity index (χ2n) is 8.92. The number of nitrogens with zero attached hydrogens (tertiary/aromatic N) is 1. The predicted octanol–water partition coefficient (Wildman–Crippen LogP) is 5.75. The van der Waals surface area contributed by atoms with Crippen molar-refractivity contribution < 1.29 is 22.4 Å². The lowest BCUT2D eigenvalue weighted by atomic mass is 10.1. The van der Waals surface area contributed by atoms with E-state index in [0.29, 0.717) is 15.8 Å². The average Bonchev–Trinajstić information content (AvgIpc) is 2.65. The minimum atomic E-state index is -3.91. The molecule has 2 aromatic rings. The molecule has 0 atom stereocenters. The number of carbonyl (C=O) groups is 1. The summed E-state index contributed by atoms with van der Waals surface area (Å²) < 4.78 is 39.5. The van der Waals surface area contributed by atoms with Gasteiger partial charge in [-0.3, -0.25) is 4.31 Å². The maximum atomic E-state index is 13.3. The normalized spacial score (nSPS) is 12.4. The SMILES string of the molecule is COC(=O)c1cc(Br)cc(C)c1N(C)S(=O)(=O)c1ccc(O[Si](C)(C)C(C)(C)C)cc1. The zero-order chi connectivity index (χ0) is 23.8. The molecule has 2 rings (SSSR count). The van der Waals surface area contributed by atoms with Crippen molar-refractivity contribution in [2.75, 3.05) is 18.5 Å². The van der Waals surface area contributed by atoms with Crippen molar-refractivity contribution in [2.45, 2.75) is 50.7 Å². The van der Waals surface area contributed by atoms with E-state index in [1.165, 1.54) is 26.3 Å². The predicted molar refractivity (Wildman–Crippen MR) is 130 cm³/mol. The number of methoxy groups -OCH3 is 1. The molecule has 0 aliphatic rings. The standard InChI is InChI=1S/C22H30BrNO5SSi/c1-15-13-16(23)14-19(21(25)28-6)20(15)24(5)30(26,27)18-11-9-17(10-12-18)29-31(7,8)22(2,3)4/h9-14H,1-8H3. The van der Waals surface area contributed by atoms with Gasteiger partial charge in [-0.1, -0.05) is 36.7 Å². The lowest BCUT2D eigenvalue weighted by molar-refractivity contribution is 0.0601. The lowest BCUT2D eigenvalue weighted by Crippen LogP contribution is -2.43. The molecule has 6 nitrogen and oxygen atoms in total. The van der Waals surface area contributed by atoms with Gasteiger partial charge in [-0.2, -0.15) is 0 Å². The van der Waals surface area contributed by atoms with Gasteiger partial charge in [0.2, 0.25) is 8.32 Å². The highest BCUT2D eigenvalue weighted by molar-refractivity contribution is 9.10. The number of hydrogen-bond acceptors (Lipinski definition) is 5. The number of aryl methyl sites for hydroxylation is 1. The van der Waals surface area contributed by atoms with Gasteiger partial charge in [-0.05, 0) is 67.0 Å². The quantitative estimate of drug-likeness (QED) is 0.353. The molecule has 0 saturated heterocycles. The number of benzene rings is 2. The van der Waals surface area contributed by atoms with Crippen LogP contribution < -0.4 is 8.73 Å². The highest BCUT2D eigenvalue weighted by atomic mass is 79.9. The van der Waals surface area contributed by atoms with E-state index in [2.05, 4.69) is 49.8 Å². The maximum absolute atomic E-state index is 13.3. The minimum Gasteiger partial charge on any atom is -0.544 e. The number of sulfonamides is 1. The van der Waals surface area contributed by atoms with Crippen molar-refractivity contribution in [1.29, 1.82) is 0 Å². The fraction of sp³-hybridized carbons (Fsp3) is 0.409. The average molecular weight is 529 g/mol. The van der Waals surface area contributed by atoms with Gasteiger partial charge in [0.05, 0.1) is 23.3 Å². The highest BCUT2D eigenvalue weighted by Gasteiger charge is 2.39. The molecule has 0 unspecified atom stereocenters. The molecule has 9 heteroatoms. The van der Waals surface area contributed by atoms with E-state index < -0.39 is 24.3 Å². The second kappa shape index (κ2) is 8.95. The molecule has 0 aliphatic heterocycles. The maximum Gasteiger partial charge on any atom is 0.340 e. The van der Waals surface area contributed by atoms with Gasteiger partial charge >= 0.3 is 5.97 Å². The summed E-state index contributed by atoms with van der Waals surface area (Å²) in [7, 11) is -3.26. The van der Waals surface area contributed by atoms with E-state index in [9.17, 15) is 13.2 Å². The largest absolute Gasteiger partial charge is 0.544 e. The third-order valence-electron chi connectivity index (χ3n) is 5.65. The Morgan fingerprint density at radius 1 is 1.10 bits per heavy atom. The van der Waals surface area contributed by atoms with Crippen molar-refractivity contribution in [3.63, 3.8) is 0 Å². The molecular weight excluding hydrogens is 498 g/mol. The summed E-state index contributed by atoms with van der Waals surface area (Å²) in [5.41, 5.74) is 1.06. The Bertz CT molecular complexity index is 1080. The van der Waals surface area contributed by atoms with E-state index in [1.54, 1.807) is 31.2 Å². The zero-order valence-corrected chi connectivity index (χ0v) is 22.6. The Kier molecular flexibility index (Phi) is 7.34. The third kappa shape index (κ3) is 5.32. The summed E-state index contributed by atoms with van der Waals surface area (Å²) in [6.07, 6.45) is 0. The van der Waals surface area contributed by atoms with E-state index in [1.807, 2.05) is 0 Å². The van der Waals surface area contributed by atoms with E-state index >= 15 is 0 Å². The molecule has 0 heterocycles. The first-order valence-corrected chi connectivity index (χ1v) is 14.9. The molecule has 170 valence electrons. The zero-order valence-electron chi connectivity index (χ0n) is 19.2. The molecule has 0 saturated carbocycles. The molecule has 0 spiro atoms. The minimum absolute atomic E-state index is 0.0291. The summed E-state index contributed by atoms with van der Waals surface area (Å²) >= 11 is 3.35. The Labute approximate surface area is 194 Å². The first-order valence-electron chi connectivity index (χ1n) is 9.78. The Morgan fingerprint density at radius 3 is 2.13 bits per heavy atom. The molecule has 2 aromatic carbocycles. The third-order valence-corrected chi connectivity index (χ3v) is 12.2. The van der Waals surface area contributed by atoms with Crippen LogP contribution in [0.2, 0.25) is 18.1 Å². The number of rotatable bonds is 6. The van der Waals surface area contributed by atoms with Gasteiger partial charge in [0.1, 0.15) is 5.75 Å². The van der Waals surface area contributed by atoms with Crippen molar-refractivity contribution in [3.05, 3.63) is 52.0 Å². The van der Waals surface area contributed by atoms with Crippen molar-refractivity contribution >= 4 is 45.9 Å². The van der Waals surface area contributed by atoms with Crippen LogP contribution in [0, 0.1) is 6.92 Å². The molecular formula is C22H30BrNO5SSi. The molecule has 0 radical (unpaired) electrons. The fourth-order valence-corrected chi connectivity index (χ4v) is 5.71. The van der Waals surface area contributed by atoms with Crippen LogP contribution in [-0.2, 0) is 14.8 Å². The molecule has 0 amide bonds. The van der Waals surface area contributed by atoms with Crippen LogP contribution in [0.25, 0.3) is 0 Å². The second-order valence-corrected chi connectivity index (χ2v) is 16.5. The van der Waals surface area contributed by atoms with Gasteiger partial charge < -0.3 is 9.16 Å². The first-order chi connectivity index (χ1) is 14.1. The van der Waals surface area contributed by atoms with Crippen LogP contribution in [0.5, 0.6) is 5.75 Å². The van der Waals surface area contributed by atoms with Crippen LogP contribution in [0.3, 0.4) is 0 Å². The Hall–Kier alpha value is -1.84. The Balaban J connectivity index is 2.44. The molecule has 0 aliphatic carbocycles. The number of halogens is 1. The summed E-state index contributed by atoms with van der Waals surface area (Å²) in [4.78, 5) is 12.4. The number of carbonyl (C=O) groups excluding carboxylic acids is 1. The summed E-state index contributed by atoms with van der Waals surface area (Å²) in [5, 5.41) is 0.0291. The van der Waals surface area contributed by atoms with Gasteiger partial charge in [-0.25, -0.2) is 13.2 Å². The van der Waals surface area contributed by atoms with Gasteiger partial charge in [0.15, 0.2) is 0 Å². The highest BCUT2D eigenvalue weighted by Crippen LogP contribution is 2.38. The number of anilines is 1. The van der Waals surface area contributed by atoms with Crippen LogP contribution in [-0.4, -0.2) is 36.9 Å². The summed E-state index contributed by atoms with van der Waals surface area (Å²) in [6, 6.07) is 9.72. The van der Waals surface area contributed by atoms with Crippen molar-refractivity contribution in [3.8, 4) is 5.75 Å². The van der Waals surface area contributed by atoms with Crippen LogP contribution >= 0.6 is 15.9 Å². The van der Waals surface area contributed by atoms with Crippen LogP contribution in [0.1, 0.15) is 36.7 Å². The van der Waals surface area contributed by atoms with Crippen LogP contribution in [0.15, 0.2) is 45.8 Å². The van der Waals surface area contributed by atoms with E-state index in [4.69, 9.17) is 9.16 Å². The number of esters is 1. The van der Waals surface area contributed by atoms with Gasteiger partial charge in [0, 0.05) is 11.5 Å². The Morgan fingerprint density at radius 2 is 1.65 bits per heavy atom. The van der Waals surface area contributed by atoms with Crippen LogP contribution in [0.4, 0.5) is 5.69 Å².